The van der Waals surface area contributed by atoms with Crippen molar-refractivity contribution < 1.29 is 19.2 Å². The van der Waals surface area contributed by atoms with E-state index in [1.807, 2.05) is 0 Å². The molecule has 0 radical (unpaired) electrons. The van der Waals surface area contributed by atoms with Gasteiger partial charge in [0.25, 0.3) is 0 Å². The van der Waals surface area contributed by atoms with E-state index in [0.717, 1.165) is 0 Å². The molecular weight excluding hydrogens is 224 g/mol. The topological polar surface area (TPSA) is 92.4 Å². The Balaban J connectivity index is 2.41. The number of hydrogen-bond acceptors (Lipinski definition) is 4. The minimum Gasteiger partial charge on any atom is -0.481 e. The van der Waals surface area contributed by atoms with Crippen molar-refractivity contribution in [3.63, 3.8) is 0 Å². The summed E-state index contributed by atoms with van der Waals surface area (Å²) in [4.78, 5) is 22.1. The second-order valence-corrected chi connectivity index (χ2v) is 4.49. The maximum Gasteiger partial charge on any atom is 0.303 e. The third-order valence-corrected chi connectivity index (χ3v) is 2.27. The Morgan fingerprint density at radius 3 is 2.76 bits per heavy atom. The van der Waals surface area contributed by atoms with Crippen molar-refractivity contribution in [3.05, 3.63) is 18.0 Å². The lowest BCUT2D eigenvalue weighted by Gasteiger charge is -2.25. The number of amides is 1. The van der Waals surface area contributed by atoms with Crippen LogP contribution in [0.2, 0.25) is 0 Å². The van der Waals surface area contributed by atoms with Crippen LogP contribution < -0.4 is 5.32 Å². The van der Waals surface area contributed by atoms with Gasteiger partial charge in [0.2, 0.25) is 5.91 Å². The van der Waals surface area contributed by atoms with Gasteiger partial charge in [0, 0.05) is 18.0 Å². The molecule has 2 N–H and O–H groups in total. The van der Waals surface area contributed by atoms with Gasteiger partial charge in [0.1, 0.15) is 6.26 Å². The molecule has 17 heavy (non-hydrogen) atoms. The summed E-state index contributed by atoms with van der Waals surface area (Å²) in [5.74, 6) is -1.07. The Labute approximate surface area is 99.0 Å². The Kier molecular flexibility index (Phi) is 4.25. The minimum absolute atomic E-state index is 0.0250. The van der Waals surface area contributed by atoms with Gasteiger partial charge in [-0.05, 0) is 20.3 Å². The van der Waals surface area contributed by atoms with Crippen LogP contribution in [0.15, 0.2) is 16.9 Å². The number of carbonyl (C=O) groups excluding carboxylic acids is 1. The molecular formula is C11H16N2O4. The lowest BCUT2D eigenvalue weighted by molar-refractivity contribution is -0.137. The van der Waals surface area contributed by atoms with Gasteiger partial charge in [0.15, 0.2) is 0 Å². The molecule has 94 valence electrons. The van der Waals surface area contributed by atoms with Gasteiger partial charge < -0.3 is 14.9 Å². The van der Waals surface area contributed by atoms with Crippen molar-refractivity contribution in [2.24, 2.45) is 0 Å². The molecule has 0 saturated carbocycles. The summed E-state index contributed by atoms with van der Waals surface area (Å²) in [6.07, 6.45) is 1.94. The van der Waals surface area contributed by atoms with E-state index < -0.39 is 11.5 Å². The first-order valence-corrected chi connectivity index (χ1v) is 5.31. The fourth-order valence-corrected chi connectivity index (χ4v) is 1.40. The van der Waals surface area contributed by atoms with Crippen molar-refractivity contribution in [1.29, 1.82) is 0 Å². The molecule has 1 amide bonds. The Hall–Kier alpha value is -1.85. The molecule has 1 rings (SSSR count). The first kappa shape index (κ1) is 13.2. The van der Waals surface area contributed by atoms with Crippen molar-refractivity contribution in [2.45, 2.75) is 38.6 Å². The standard InChI is InChI=1S/C11H16N2O4/c1-11(2,5-3-10(15)16)12-9(14)7-8-4-6-17-13-8/h4,6H,3,5,7H2,1-2H3,(H,12,14)(H,15,16). The van der Waals surface area contributed by atoms with E-state index in [0.29, 0.717) is 12.1 Å². The fraction of sp³-hybridized carbons (Fsp3) is 0.545. The fourth-order valence-electron chi connectivity index (χ4n) is 1.40. The number of hydrogen-bond donors (Lipinski definition) is 2. The number of nitrogens with zero attached hydrogens (tertiary/aromatic N) is 1. The van der Waals surface area contributed by atoms with Gasteiger partial charge in [-0.25, -0.2) is 0 Å². The average Bonchev–Trinajstić information content (AvgIpc) is 2.66. The van der Waals surface area contributed by atoms with Crippen LogP contribution in [0.25, 0.3) is 0 Å². The maximum atomic E-state index is 11.6. The first-order chi connectivity index (χ1) is 7.89. The summed E-state index contributed by atoms with van der Waals surface area (Å²) >= 11 is 0. The van der Waals surface area contributed by atoms with Crippen LogP contribution >= 0.6 is 0 Å². The third-order valence-electron chi connectivity index (χ3n) is 2.27. The first-order valence-electron chi connectivity index (χ1n) is 5.31. The van der Waals surface area contributed by atoms with E-state index in [1.165, 1.54) is 6.26 Å². The highest BCUT2D eigenvalue weighted by Gasteiger charge is 2.21. The second-order valence-electron chi connectivity index (χ2n) is 4.49. The predicted octanol–water partition coefficient (Wildman–Crippen LogP) is 0.977. The monoisotopic (exact) mass is 240 g/mol. The lowest BCUT2D eigenvalue weighted by Crippen LogP contribution is -2.44. The zero-order valence-electron chi connectivity index (χ0n) is 9.90. The molecule has 0 spiro atoms. The van der Waals surface area contributed by atoms with Gasteiger partial charge in [-0.1, -0.05) is 5.16 Å². The quantitative estimate of drug-likeness (QED) is 0.773. The van der Waals surface area contributed by atoms with E-state index in [9.17, 15) is 9.59 Å². The van der Waals surface area contributed by atoms with Gasteiger partial charge in [-0.3, -0.25) is 9.59 Å². The summed E-state index contributed by atoms with van der Waals surface area (Å²) < 4.78 is 4.62. The summed E-state index contributed by atoms with van der Waals surface area (Å²) in [6.45, 7) is 3.58. The highest BCUT2D eigenvalue weighted by atomic mass is 16.5. The molecule has 6 heteroatoms. The number of carboxylic acid groups (broad SMARTS) is 1. The highest BCUT2D eigenvalue weighted by Crippen LogP contribution is 2.11. The molecule has 0 aliphatic rings. The largest absolute Gasteiger partial charge is 0.481 e. The van der Waals surface area contributed by atoms with Crippen LogP contribution in [0.1, 0.15) is 32.4 Å². The number of carbonyl (C=O) groups is 2. The molecule has 0 bridgehead atoms. The Bertz CT molecular complexity index is 384. The van der Waals surface area contributed by atoms with Gasteiger partial charge in [-0.2, -0.15) is 0 Å². The van der Waals surface area contributed by atoms with Crippen LogP contribution in [0.5, 0.6) is 0 Å². The van der Waals surface area contributed by atoms with Crippen molar-refractivity contribution >= 4 is 11.9 Å². The highest BCUT2D eigenvalue weighted by molar-refractivity contribution is 5.78. The van der Waals surface area contributed by atoms with Crippen LogP contribution in [0, 0.1) is 0 Å². The van der Waals surface area contributed by atoms with E-state index in [-0.39, 0.29) is 18.7 Å². The number of aromatic nitrogens is 1. The number of nitrogens with one attached hydrogen (secondary N) is 1. The van der Waals surface area contributed by atoms with Crippen LogP contribution in [0.4, 0.5) is 0 Å². The SMILES string of the molecule is CC(C)(CCC(=O)O)NC(=O)Cc1ccon1. The summed E-state index contributed by atoms with van der Waals surface area (Å²) in [7, 11) is 0. The molecule has 0 atom stereocenters. The maximum absolute atomic E-state index is 11.6. The zero-order chi connectivity index (χ0) is 12.9. The zero-order valence-corrected chi connectivity index (χ0v) is 9.90. The van der Waals surface area contributed by atoms with Gasteiger partial charge in [0.05, 0.1) is 12.1 Å². The Morgan fingerprint density at radius 1 is 1.53 bits per heavy atom. The number of aliphatic carboxylic acids is 1. The third kappa shape index (κ3) is 5.14. The molecule has 0 fully saturated rings. The van der Waals surface area contributed by atoms with Gasteiger partial charge >= 0.3 is 5.97 Å². The summed E-state index contributed by atoms with van der Waals surface area (Å²) in [5.41, 5.74) is 0.00990. The van der Waals surface area contributed by atoms with E-state index in [1.54, 1.807) is 19.9 Å². The molecule has 0 aromatic carbocycles. The van der Waals surface area contributed by atoms with E-state index in [2.05, 4.69) is 15.0 Å². The number of rotatable bonds is 6. The second kappa shape index (κ2) is 5.47. The van der Waals surface area contributed by atoms with Crippen molar-refractivity contribution in [3.8, 4) is 0 Å². The summed E-state index contributed by atoms with van der Waals surface area (Å²) in [5, 5.41) is 15.0. The van der Waals surface area contributed by atoms with Crippen molar-refractivity contribution in [2.75, 3.05) is 0 Å². The molecule has 6 nitrogen and oxygen atoms in total. The molecule has 1 aromatic rings. The molecule has 1 aromatic heterocycles. The molecule has 0 aliphatic carbocycles. The van der Waals surface area contributed by atoms with E-state index >= 15 is 0 Å². The van der Waals surface area contributed by atoms with Gasteiger partial charge in [-0.15, -0.1) is 0 Å². The molecule has 1 heterocycles. The molecule has 0 saturated heterocycles. The molecule has 0 aliphatic heterocycles. The predicted molar refractivity (Wildman–Crippen MR) is 59.3 cm³/mol. The Morgan fingerprint density at radius 2 is 2.24 bits per heavy atom. The lowest BCUT2D eigenvalue weighted by atomic mass is 9.98. The normalized spacial score (nSPS) is 11.2. The van der Waals surface area contributed by atoms with E-state index in [4.69, 9.17) is 5.11 Å². The smallest absolute Gasteiger partial charge is 0.303 e. The van der Waals surface area contributed by atoms with Crippen molar-refractivity contribution in [1.82, 2.24) is 10.5 Å². The van der Waals surface area contributed by atoms with Crippen LogP contribution in [-0.4, -0.2) is 27.7 Å². The average molecular weight is 240 g/mol. The summed E-state index contributed by atoms with van der Waals surface area (Å²) in [6, 6.07) is 1.61. The minimum atomic E-state index is -0.871. The molecule has 0 unspecified atom stereocenters. The van der Waals surface area contributed by atoms with Crippen LogP contribution in [-0.2, 0) is 16.0 Å². The van der Waals surface area contributed by atoms with Crippen LogP contribution in [0.3, 0.4) is 0 Å². The number of carboxylic acids is 1.